The average molecular weight is 449 g/mol. The number of H-pyrrole nitrogens is 1. The quantitative estimate of drug-likeness (QED) is 0.569. The van der Waals surface area contributed by atoms with Gasteiger partial charge in [-0.05, 0) is 60.4 Å². The van der Waals surface area contributed by atoms with Crippen LogP contribution in [-0.4, -0.2) is 36.6 Å². The van der Waals surface area contributed by atoms with E-state index in [1.54, 1.807) is 14.2 Å². The predicted octanol–water partition coefficient (Wildman–Crippen LogP) is 5.55. The van der Waals surface area contributed by atoms with E-state index in [-0.39, 0.29) is 11.9 Å². The highest BCUT2D eigenvalue weighted by atomic mass is 35.5. The molecular formula is C26H25ClN2O3. The van der Waals surface area contributed by atoms with Crippen molar-refractivity contribution in [2.75, 3.05) is 20.8 Å². The van der Waals surface area contributed by atoms with E-state index in [9.17, 15) is 4.79 Å². The third-order valence-corrected chi connectivity index (χ3v) is 6.60. The molecule has 1 amide bonds. The molecule has 32 heavy (non-hydrogen) atoms. The molecule has 1 aliphatic heterocycles. The number of rotatable bonds is 4. The number of aromatic amines is 1. The van der Waals surface area contributed by atoms with Gasteiger partial charge in [0.05, 0.1) is 26.0 Å². The molecule has 0 saturated carbocycles. The molecule has 2 aliphatic rings. The number of fused-ring (bicyclic) bond motifs is 3. The van der Waals surface area contributed by atoms with Gasteiger partial charge in [0.15, 0.2) is 0 Å². The van der Waals surface area contributed by atoms with Crippen molar-refractivity contribution < 1.29 is 14.3 Å². The third-order valence-electron chi connectivity index (χ3n) is 6.36. The van der Waals surface area contributed by atoms with Gasteiger partial charge in [0.1, 0.15) is 5.75 Å². The second-order valence-corrected chi connectivity index (χ2v) is 8.58. The Morgan fingerprint density at radius 1 is 1.09 bits per heavy atom. The Morgan fingerprint density at radius 2 is 1.91 bits per heavy atom. The second-order valence-electron chi connectivity index (χ2n) is 8.14. The summed E-state index contributed by atoms with van der Waals surface area (Å²) in [6, 6.07) is 13.6. The second kappa shape index (κ2) is 8.40. The zero-order valence-corrected chi connectivity index (χ0v) is 18.9. The van der Waals surface area contributed by atoms with Gasteiger partial charge in [-0.2, -0.15) is 0 Å². The van der Waals surface area contributed by atoms with Gasteiger partial charge in [-0.25, -0.2) is 0 Å². The maximum Gasteiger partial charge on any atom is 0.254 e. The maximum atomic E-state index is 13.7. The molecule has 2 aromatic carbocycles. The first-order chi connectivity index (χ1) is 15.6. The Balaban J connectivity index is 1.62. The fraction of sp³-hybridized carbons (Fsp3) is 0.269. The number of ether oxygens (including phenoxy) is 2. The van der Waals surface area contributed by atoms with Crippen molar-refractivity contribution in [1.29, 1.82) is 0 Å². The van der Waals surface area contributed by atoms with Gasteiger partial charge in [0, 0.05) is 40.2 Å². The van der Waals surface area contributed by atoms with Crippen LogP contribution in [0, 0.1) is 0 Å². The van der Waals surface area contributed by atoms with E-state index in [4.69, 9.17) is 21.1 Å². The summed E-state index contributed by atoms with van der Waals surface area (Å²) < 4.78 is 10.8. The Labute approximate surface area is 192 Å². The fourth-order valence-electron chi connectivity index (χ4n) is 4.76. The van der Waals surface area contributed by atoms with Gasteiger partial charge in [-0.1, -0.05) is 29.8 Å². The molecule has 164 valence electrons. The van der Waals surface area contributed by atoms with Crippen LogP contribution >= 0.6 is 11.6 Å². The maximum absolute atomic E-state index is 13.7. The SMILES string of the molecule is COC1=CC(C(=O)N2CCc3c([nH]c4ccc(Cl)cc34)C2c2ccc(OC)cc2)=CCC1. The van der Waals surface area contributed by atoms with Crippen LogP contribution in [0.1, 0.15) is 35.7 Å². The van der Waals surface area contributed by atoms with Gasteiger partial charge >= 0.3 is 0 Å². The van der Waals surface area contributed by atoms with Gasteiger partial charge < -0.3 is 19.4 Å². The third kappa shape index (κ3) is 3.56. The summed E-state index contributed by atoms with van der Waals surface area (Å²) in [6.07, 6.45) is 6.27. The number of hydrogen-bond donors (Lipinski definition) is 1. The lowest BCUT2D eigenvalue weighted by atomic mass is 9.91. The van der Waals surface area contributed by atoms with E-state index in [2.05, 4.69) is 4.98 Å². The molecule has 1 N–H and O–H groups in total. The van der Waals surface area contributed by atoms with Crippen LogP contribution in [0.4, 0.5) is 0 Å². The number of nitrogens with one attached hydrogen (secondary N) is 1. The fourth-order valence-corrected chi connectivity index (χ4v) is 4.93. The number of aromatic nitrogens is 1. The van der Waals surface area contributed by atoms with E-state index in [0.717, 1.165) is 52.9 Å². The topological polar surface area (TPSA) is 54.6 Å². The van der Waals surface area contributed by atoms with Crippen molar-refractivity contribution in [2.45, 2.75) is 25.3 Å². The molecule has 5 rings (SSSR count). The molecule has 1 aliphatic carbocycles. The molecule has 3 aromatic rings. The molecular weight excluding hydrogens is 424 g/mol. The Hall–Kier alpha value is -3.18. The summed E-state index contributed by atoms with van der Waals surface area (Å²) in [5.41, 5.74) is 5.02. The van der Waals surface area contributed by atoms with Crippen LogP contribution in [-0.2, 0) is 16.0 Å². The van der Waals surface area contributed by atoms with Crippen molar-refractivity contribution in [2.24, 2.45) is 0 Å². The standard InChI is InChI=1S/C26H25ClN2O3/c1-31-19-9-6-16(7-10-19)25-24-21(22-15-18(27)8-11-23(22)28-24)12-13-29(25)26(30)17-4-3-5-20(14-17)32-2/h4,6-11,14-15,25,28H,3,5,12-13H2,1-2H3. The van der Waals surface area contributed by atoms with Gasteiger partial charge in [0.25, 0.3) is 5.91 Å². The van der Waals surface area contributed by atoms with Crippen LogP contribution in [0.2, 0.25) is 5.02 Å². The Kier molecular flexibility index (Phi) is 5.43. The highest BCUT2D eigenvalue weighted by molar-refractivity contribution is 6.31. The zero-order valence-electron chi connectivity index (χ0n) is 18.2. The first kappa shape index (κ1) is 20.7. The number of nitrogens with zero attached hydrogens (tertiary/aromatic N) is 1. The first-order valence-electron chi connectivity index (χ1n) is 10.8. The molecule has 0 saturated heterocycles. The summed E-state index contributed by atoms with van der Waals surface area (Å²) in [5.74, 6) is 1.64. The van der Waals surface area contributed by atoms with Crippen molar-refractivity contribution in [3.8, 4) is 5.75 Å². The van der Waals surface area contributed by atoms with Gasteiger partial charge in [-0.15, -0.1) is 0 Å². The van der Waals surface area contributed by atoms with Crippen LogP contribution in [0.15, 0.2) is 65.9 Å². The first-order valence-corrected chi connectivity index (χ1v) is 11.2. The molecule has 2 heterocycles. The lowest BCUT2D eigenvalue weighted by Gasteiger charge is -2.37. The summed E-state index contributed by atoms with van der Waals surface area (Å²) in [6.45, 7) is 0.621. The minimum atomic E-state index is -0.231. The van der Waals surface area contributed by atoms with Crippen molar-refractivity contribution >= 4 is 28.4 Å². The normalized spacial score (nSPS) is 18.1. The molecule has 0 fully saturated rings. The number of methoxy groups -OCH3 is 2. The van der Waals surface area contributed by atoms with Crippen LogP contribution in [0.5, 0.6) is 5.75 Å². The molecule has 1 aromatic heterocycles. The van der Waals surface area contributed by atoms with Gasteiger partial charge in [0.2, 0.25) is 0 Å². The largest absolute Gasteiger partial charge is 0.501 e. The number of hydrogen-bond acceptors (Lipinski definition) is 3. The molecule has 1 atom stereocenters. The summed E-state index contributed by atoms with van der Waals surface area (Å²) in [7, 11) is 3.31. The van der Waals surface area contributed by atoms with E-state index in [1.807, 2.05) is 59.5 Å². The van der Waals surface area contributed by atoms with Crippen LogP contribution < -0.4 is 4.74 Å². The number of carbonyl (C=O) groups excluding carboxylic acids is 1. The molecule has 0 bridgehead atoms. The number of halogens is 1. The minimum Gasteiger partial charge on any atom is -0.501 e. The number of carbonyl (C=O) groups is 1. The van der Waals surface area contributed by atoms with Gasteiger partial charge in [-0.3, -0.25) is 4.79 Å². The monoisotopic (exact) mass is 448 g/mol. The van der Waals surface area contributed by atoms with Crippen molar-refractivity contribution in [3.63, 3.8) is 0 Å². The lowest BCUT2D eigenvalue weighted by molar-refractivity contribution is -0.128. The smallest absolute Gasteiger partial charge is 0.254 e. The Morgan fingerprint density at radius 3 is 2.66 bits per heavy atom. The van der Waals surface area contributed by atoms with E-state index < -0.39 is 0 Å². The predicted molar refractivity (Wildman–Crippen MR) is 126 cm³/mol. The molecule has 5 nitrogen and oxygen atoms in total. The van der Waals surface area contributed by atoms with Crippen LogP contribution in [0.25, 0.3) is 10.9 Å². The number of benzene rings is 2. The molecule has 0 spiro atoms. The number of allylic oxidation sites excluding steroid dienone is 2. The Bertz CT molecular complexity index is 1240. The number of amides is 1. The summed E-state index contributed by atoms with van der Waals surface area (Å²) in [5, 5.41) is 1.83. The zero-order chi connectivity index (χ0) is 22.2. The molecule has 6 heteroatoms. The summed E-state index contributed by atoms with van der Waals surface area (Å²) in [4.78, 5) is 19.2. The minimum absolute atomic E-state index is 0.0161. The summed E-state index contributed by atoms with van der Waals surface area (Å²) >= 11 is 6.29. The highest BCUT2D eigenvalue weighted by Gasteiger charge is 2.35. The molecule has 0 radical (unpaired) electrons. The molecule has 1 unspecified atom stereocenters. The average Bonchev–Trinajstić information content (AvgIpc) is 3.21. The van der Waals surface area contributed by atoms with E-state index in [0.29, 0.717) is 17.1 Å². The van der Waals surface area contributed by atoms with E-state index >= 15 is 0 Å². The van der Waals surface area contributed by atoms with Crippen molar-refractivity contribution in [3.05, 3.63) is 87.8 Å². The highest BCUT2D eigenvalue weighted by Crippen LogP contribution is 2.40. The van der Waals surface area contributed by atoms with Crippen LogP contribution in [0.3, 0.4) is 0 Å². The van der Waals surface area contributed by atoms with E-state index in [1.165, 1.54) is 5.56 Å². The lowest BCUT2D eigenvalue weighted by Crippen LogP contribution is -2.41. The van der Waals surface area contributed by atoms with Crippen molar-refractivity contribution in [1.82, 2.24) is 9.88 Å².